The van der Waals surface area contributed by atoms with Gasteiger partial charge in [0.1, 0.15) is 0 Å². The number of carbonyl (C=O) groups excluding carboxylic acids is 1. The Balaban J connectivity index is 2.24. The highest BCUT2D eigenvalue weighted by atomic mass is 16.5. The number of carbonyl (C=O) groups is 1. The summed E-state index contributed by atoms with van der Waals surface area (Å²) in [7, 11) is 0. The van der Waals surface area contributed by atoms with E-state index in [9.17, 15) is 9.90 Å². The van der Waals surface area contributed by atoms with Crippen LogP contribution in [-0.4, -0.2) is 47.8 Å². The Morgan fingerprint density at radius 1 is 1.60 bits per heavy atom. The summed E-state index contributed by atoms with van der Waals surface area (Å²) in [5.74, 6) is -0.150. The molecule has 0 spiro atoms. The number of β-amino-alcohol motifs (C(OH)–C–C–N with tert-alkyl or cyclic N) is 1. The third-order valence-electron chi connectivity index (χ3n) is 2.69. The summed E-state index contributed by atoms with van der Waals surface area (Å²) in [6.45, 7) is 6.42. The van der Waals surface area contributed by atoms with Gasteiger partial charge in [0, 0.05) is 13.1 Å². The molecule has 0 aromatic heterocycles. The summed E-state index contributed by atoms with van der Waals surface area (Å²) in [5, 5.41) is 9.86. The first kappa shape index (κ1) is 12.5. The number of likely N-dealkylation sites (tertiary alicyclic amines) is 1. The average molecular weight is 215 g/mol. The zero-order valence-electron chi connectivity index (χ0n) is 9.66. The monoisotopic (exact) mass is 215 g/mol. The summed E-state index contributed by atoms with van der Waals surface area (Å²) in [6, 6.07) is 0. The van der Waals surface area contributed by atoms with Crippen LogP contribution in [-0.2, 0) is 9.53 Å². The number of hydrogen-bond donors (Lipinski definition) is 1. The molecule has 1 N–H and O–H groups in total. The molecule has 4 heteroatoms. The molecule has 0 aromatic rings. The van der Waals surface area contributed by atoms with Crippen LogP contribution in [0.5, 0.6) is 0 Å². The van der Waals surface area contributed by atoms with E-state index in [1.165, 1.54) is 0 Å². The second-order valence-electron chi connectivity index (χ2n) is 4.43. The van der Waals surface area contributed by atoms with Crippen molar-refractivity contribution in [2.24, 2.45) is 0 Å². The molecule has 1 atom stereocenters. The minimum atomic E-state index is -0.590. The number of piperidine rings is 1. The number of nitrogens with zero attached hydrogens (tertiary/aromatic N) is 1. The molecular formula is C11H21NO3. The Labute approximate surface area is 91.2 Å². The zero-order chi connectivity index (χ0) is 11.3. The van der Waals surface area contributed by atoms with Gasteiger partial charge in [-0.2, -0.15) is 0 Å². The number of rotatable bonds is 4. The van der Waals surface area contributed by atoms with Crippen molar-refractivity contribution >= 4 is 5.97 Å². The van der Waals surface area contributed by atoms with Crippen molar-refractivity contribution in [3.63, 3.8) is 0 Å². The minimum absolute atomic E-state index is 0.150. The lowest BCUT2D eigenvalue weighted by Gasteiger charge is -2.36. The van der Waals surface area contributed by atoms with E-state index in [0.29, 0.717) is 26.1 Å². The first-order valence-corrected chi connectivity index (χ1v) is 5.64. The van der Waals surface area contributed by atoms with E-state index in [-0.39, 0.29) is 5.97 Å². The lowest BCUT2D eigenvalue weighted by atomic mass is 9.95. The lowest BCUT2D eigenvalue weighted by Crippen LogP contribution is -2.46. The molecule has 0 saturated carbocycles. The molecule has 0 aliphatic carbocycles. The summed E-state index contributed by atoms with van der Waals surface area (Å²) < 4.78 is 4.86. The van der Waals surface area contributed by atoms with Crippen molar-refractivity contribution in [2.75, 3.05) is 26.2 Å². The van der Waals surface area contributed by atoms with Gasteiger partial charge in [0.25, 0.3) is 0 Å². The Morgan fingerprint density at radius 3 is 2.93 bits per heavy atom. The fourth-order valence-electron chi connectivity index (χ4n) is 2.00. The van der Waals surface area contributed by atoms with Gasteiger partial charge in [-0.05, 0) is 33.2 Å². The summed E-state index contributed by atoms with van der Waals surface area (Å²) in [4.78, 5) is 13.3. The Hall–Kier alpha value is -0.610. The molecule has 1 aliphatic heterocycles. The molecule has 1 rings (SSSR count). The molecule has 1 fully saturated rings. The maximum absolute atomic E-state index is 11.1. The van der Waals surface area contributed by atoms with E-state index >= 15 is 0 Å². The summed E-state index contributed by atoms with van der Waals surface area (Å²) >= 11 is 0. The van der Waals surface area contributed by atoms with Crippen molar-refractivity contribution in [3.05, 3.63) is 0 Å². The Bertz CT molecular complexity index is 216. The second-order valence-corrected chi connectivity index (χ2v) is 4.43. The van der Waals surface area contributed by atoms with E-state index in [1.54, 1.807) is 0 Å². The standard InChI is InChI=1S/C11H21NO3/c1-3-15-10(13)5-8-12-7-4-6-11(2,14)9-12/h14H,3-9H2,1-2H3. The number of esters is 1. The van der Waals surface area contributed by atoms with Crippen molar-refractivity contribution in [3.8, 4) is 0 Å². The number of hydrogen-bond acceptors (Lipinski definition) is 4. The second kappa shape index (κ2) is 5.47. The summed E-state index contributed by atoms with van der Waals surface area (Å²) in [6.07, 6.45) is 2.27. The van der Waals surface area contributed by atoms with Gasteiger partial charge in [-0.3, -0.25) is 9.69 Å². The van der Waals surface area contributed by atoms with Gasteiger partial charge in [-0.1, -0.05) is 0 Å². The molecule has 1 heterocycles. The first-order valence-electron chi connectivity index (χ1n) is 5.64. The van der Waals surface area contributed by atoms with Gasteiger partial charge in [0.05, 0.1) is 18.6 Å². The minimum Gasteiger partial charge on any atom is -0.466 e. The quantitative estimate of drug-likeness (QED) is 0.704. The molecule has 0 bridgehead atoms. The molecule has 0 aromatic carbocycles. The summed E-state index contributed by atoms with van der Waals surface area (Å²) in [5.41, 5.74) is -0.590. The fourth-order valence-corrected chi connectivity index (χ4v) is 2.00. The van der Waals surface area contributed by atoms with Gasteiger partial charge in [-0.25, -0.2) is 0 Å². The van der Waals surface area contributed by atoms with Gasteiger partial charge in [0.15, 0.2) is 0 Å². The zero-order valence-corrected chi connectivity index (χ0v) is 9.66. The maximum atomic E-state index is 11.1. The van der Waals surface area contributed by atoms with E-state index in [4.69, 9.17) is 4.74 Å². The van der Waals surface area contributed by atoms with Crippen LogP contribution in [0.1, 0.15) is 33.1 Å². The van der Waals surface area contributed by atoms with Crippen molar-refractivity contribution in [2.45, 2.75) is 38.7 Å². The SMILES string of the molecule is CCOC(=O)CCN1CCCC(C)(O)C1. The van der Waals surface area contributed by atoms with Crippen LogP contribution in [0.2, 0.25) is 0 Å². The molecule has 1 saturated heterocycles. The van der Waals surface area contributed by atoms with Gasteiger partial charge >= 0.3 is 5.97 Å². The largest absolute Gasteiger partial charge is 0.466 e. The number of aliphatic hydroxyl groups is 1. The maximum Gasteiger partial charge on any atom is 0.307 e. The molecule has 0 radical (unpaired) electrons. The molecular weight excluding hydrogens is 194 g/mol. The molecule has 88 valence electrons. The molecule has 15 heavy (non-hydrogen) atoms. The Kier molecular flexibility index (Phi) is 4.54. The lowest BCUT2D eigenvalue weighted by molar-refractivity contribution is -0.143. The normalized spacial score (nSPS) is 27.7. The van der Waals surface area contributed by atoms with E-state index < -0.39 is 5.60 Å². The van der Waals surface area contributed by atoms with E-state index in [0.717, 1.165) is 19.4 Å². The average Bonchev–Trinajstić information content (AvgIpc) is 2.14. The highest BCUT2D eigenvalue weighted by Gasteiger charge is 2.28. The van der Waals surface area contributed by atoms with Crippen molar-refractivity contribution in [1.29, 1.82) is 0 Å². The van der Waals surface area contributed by atoms with Crippen LogP contribution in [0, 0.1) is 0 Å². The number of ether oxygens (including phenoxy) is 1. The molecule has 1 unspecified atom stereocenters. The molecule has 1 aliphatic rings. The molecule has 0 amide bonds. The third kappa shape index (κ3) is 4.62. The van der Waals surface area contributed by atoms with Crippen LogP contribution in [0.15, 0.2) is 0 Å². The van der Waals surface area contributed by atoms with E-state index in [1.807, 2.05) is 13.8 Å². The van der Waals surface area contributed by atoms with Gasteiger partial charge in [-0.15, -0.1) is 0 Å². The fraction of sp³-hybridized carbons (Fsp3) is 0.909. The van der Waals surface area contributed by atoms with Crippen LogP contribution in [0.25, 0.3) is 0 Å². The van der Waals surface area contributed by atoms with Crippen LogP contribution in [0.3, 0.4) is 0 Å². The van der Waals surface area contributed by atoms with Crippen molar-refractivity contribution in [1.82, 2.24) is 4.90 Å². The van der Waals surface area contributed by atoms with E-state index in [2.05, 4.69) is 4.90 Å². The predicted molar refractivity (Wildman–Crippen MR) is 57.5 cm³/mol. The topological polar surface area (TPSA) is 49.8 Å². The van der Waals surface area contributed by atoms with Gasteiger partial charge < -0.3 is 9.84 Å². The smallest absolute Gasteiger partial charge is 0.307 e. The van der Waals surface area contributed by atoms with Crippen molar-refractivity contribution < 1.29 is 14.6 Å². The third-order valence-corrected chi connectivity index (χ3v) is 2.69. The van der Waals surface area contributed by atoms with Gasteiger partial charge in [0.2, 0.25) is 0 Å². The van der Waals surface area contributed by atoms with Crippen LogP contribution in [0.4, 0.5) is 0 Å². The highest BCUT2D eigenvalue weighted by Crippen LogP contribution is 2.20. The van der Waals surface area contributed by atoms with Crippen LogP contribution >= 0.6 is 0 Å². The van der Waals surface area contributed by atoms with Crippen LogP contribution < -0.4 is 0 Å². The Morgan fingerprint density at radius 2 is 2.33 bits per heavy atom. The first-order chi connectivity index (χ1) is 7.03. The predicted octanol–water partition coefficient (Wildman–Crippen LogP) is 0.786. The molecule has 4 nitrogen and oxygen atoms in total. The highest BCUT2D eigenvalue weighted by molar-refractivity contribution is 5.69.